The highest BCUT2D eigenvalue weighted by Crippen LogP contribution is 2.25. The molecule has 0 bridgehead atoms. The first-order valence-corrected chi connectivity index (χ1v) is 25.2. The zero-order valence-corrected chi connectivity index (χ0v) is 48.5. The van der Waals surface area contributed by atoms with Crippen LogP contribution >= 0.6 is 89.5 Å². The summed E-state index contributed by atoms with van der Waals surface area (Å²) in [6.07, 6.45) is 3.12. The highest BCUT2D eigenvalue weighted by molar-refractivity contribution is 9.09. The van der Waals surface area contributed by atoms with Crippen molar-refractivity contribution >= 4 is 159 Å². The molecule has 10 rings (SSSR count). The molecule has 18 nitrogen and oxygen atoms in total. The fourth-order valence-electron chi connectivity index (χ4n) is 7.37. The number of aromatic nitrogens is 2. The van der Waals surface area contributed by atoms with E-state index in [0.29, 0.717) is 67.7 Å². The van der Waals surface area contributed by atoms with Gasteiger partial charge >= 0.3 is 0 Å². The van der Waals surface area contributed by atoms with Gasteiger partial charge in [-0.25, -0.2) is 9.97 Å². The monoisotopic (exact) mass is 1310 g/mol. The van der Waals surface area contributed by atoms with E-state index < -0.39 is 0 Å². The molecule has 0 radical (unpaired) electrons. The summed E-state index contributed by atoms with van der Waals surface area (Å²) in [4.78, 5) is 127. The Hall–Kier alpha value is -6.44. The van der Waals surface area contributed by atoms with E-state index in [9.17, 15) is 47.9 Å². The number of carbonyl (C=O) groups excluding carboxylic acids is 10. The number of nitrogens with zero attached hydrogens (tertiary/aromatic N) is 5. The van der Waals surface area contributed by atoms with Crippen molar-refractivity contribution in [1.82, 2.24) is 30.0 Å². The molecule has 4 aliphatic heterocycles. The number of anilines is 2. The van der Waals surface area contributed by atoms with Gasteiger partial charge in [-0.3, -0.25) is 68.0 Å². The van der Waals surface area contributed by atoms with Crippen molar-refractivity contribution in [3.63, 3.8) is 0 Å². The van der Waals surface area contributed by atoms with E-state index >= 15 is 0 Å². The molecule has 0 atom stereocenters. The summed E-state index contributed by atoms with van der Waals surface area (Å²) in [5.74, 6) is -2.36. The zero-order chi connectivity index (χ0) is 52.1. The number of nitrogens with one attached hydrogen (secondary N) is 1. The number of nitrogen functional groups attached to an aromatic ring is 2. The van der Waals surface area contributed by atoms with Gasteiger partial charge in [0.05, 0.1) is 61.2 Å². The van der Waals surface area contributed by atoms with E-state index in [4.69, 9.17) is 11.5 Å². The van der Waals surface area contributed by atoms with Crippen LogP contribution in [0.3, 0.4) is 0 Å². The third-order valence-electron chi connectivity index (χ3n) is 11.0. The summed E-state index contributed by atoms with van der Waals surface area (Å²) in [5, 5.41) is 7.48. The summed E-state index contributed by atoms with van der Waals surface area (Å²) >= 11 is 5.91. The second-order valence-electron chi connectivity index (χ2n) is 16.0. The highest BCUT2D eigenvalue weighted by Gasteiger charge is 2.37. The molecule has 4 aromatic carbocycles. The van der Waals surface area contributed by atoms with Gasteiger partial charge in [0.1, 0.15) is 11.6 Å². The van der Waals surface area contributed by atoms with Gasteiger partial charge in [0.15, 0.2) is 10.3 Å². The third-order valence-corrected chi connectivity index (χ3v) is 13.0. The number of benzene rings is 4. The van der Waals surface area contributed by atoms with Crippen LogP contribution < -0.4 is 16.8 Å². The lowest BCUT2D eigenvalue weighted by Gasteiger charge is -2.12. The smallest absolute Gasteiger partial charge is 0.261 e. The van der Waals surface area contributed by atoms with Crippen molar-refractivity contribution in [2.75, 3.05) is 36.4 Å². The molecule has 0 unspecified atom stereocenters. The molecule has 6 aromatic rings. The Labute approximate surface area is 479 Å². The lowest BCUT2D eigenvalue weighted by atomic mass is 10.1. The lowest BCUT2D eigenvalue weighted by Crippen LogP contribution is -2.32. The Bertz CT molecular complexity index is 2980. The standard InChI is InChI=1S/C13H11N3O2S.C12H10BrNO3.C12H11NO3.C8H5NO2.C6H10N2S.3BrH/c14-13-15-8(7-19-13)5-6-16-11(17)9-3-1-2-4-10(9)12(16)18;13-7-8(15)5-6-14-11(16)9-3-1-2-4-10(9)12(14)17;1-8(14)6-7-13-11(15)9-4-2-3-5-10(9)12(13)16;10-7-5-3-1-2-4-6(5)8(11)9-7;1-2-3-5-4-9-6(7)8-5;;;/h1-4,7H,5-6H2,(H2,14,15);1-4H,5-7H2;2-5H,6-7H2,1H3;1-4H,(H,9,10,11);4H,2-3H2,1H3,(H2,7,8);3*1H. The van der Waals surface area contributed by atoms with Crippen molar-refractivity contribution < 1.29 is 47.9 Å². The zero-order valence-electron chi connectivity index (χ0n) is 40.1. The minimum absolute atomic E-state index is 0. The van der Waals surface area contributed by atoms with Crippen LogP contribution in [0.5, 0.6) is 0 Å². The number of alkyl halides is 1. The second-order valence-corrected chi connectivity index (χ2v) is 18.3. The van der Waals surface area contributed by atoms with Gasteiger partial charge in [-0.05, 0) is 61.9 Å². The summed E-state index contributed by atoms with van der Waals surface area (Å²) in [6, 6.07) is 27.0. The van der Waals surface area contributed by atoms with E-state index in [1.165, 1.54) is 34.5 Å². The maximum absolute atomic E-state index is 12.1. The van der Waals surface area contributed by atoms with Crippen LogP contribution in [-0.2, 0) is 22.4 Å². The number of aryl methyl sites for hydroxylation is 1. The molecule has 5 N–H and O–H groups in total. The Morgan fingerprint density at radius 3 is 1.11 bits per heavy atom. The quantitative estimate of drug-likeness (QED) is 0.0767. The molecule has 0 spiro atoms. The average Bonchev–Trinajstić information content (AvgIpc) is 4.22. The first-order chi connectivity index (χ1) is 34.5. The number of thiazole rings is 2. The normalized spacial score (nSPS) is 13.1. The van der Waals surface area contributed by atoms with Gasteiger partial charge in [0, 0.05) is 49.7 Å². The van der Waals surface area contributed by atoms with Crippen molar-refractivity contribution in [1.29, 1.82) is 0 Å². The fourth-order valence-corrected chi connectivity index (χ4v) is 8.85. The van der Waals surface area contributed by atoms with Gasteiger partial charge in [-0.15, -0.1) is 73.6 Å². The first-order valence-electron chi connectivity index (χ1n) is 22.3. The minimum atomic E-state index is -0.312. The molecule has 0 saturated carbocycles. The molecule has 6 heterocycles. The van der Waals surface area contributed by atoms with Gasteiger partial charge in [-0.1, -0.05) is 77.8 Å². The number of rotatable bonds is 12. The Morgan fingerprint density at radius 1 is 0.507 bits per heavy atom. The number of fused-ring (bicyclic) bond motifs is 4. The number of ketones is 2. The topological polar surface area (TPSA) is 270 Å². The molecule has 2 aromatic heterocycles. The van der Waals surface area contributed by atoms with Gasteiger partial charge < -0.3 is 11.5 Å². The Balaban J connectivity index is 0.000000250. The molecule has 24 heteroatoms. The minimum Gasteiger partial charge on any atom is -0.375 e. The van der Waals surface area contributed by atoms with Gasteiger partial charge in [0.25, 0.3) is 47.3 Å². The molecular formula is C51H50Br4N8O10S2. The van der Waals surface area contributed by atoms with E-state index in [2.05, 4.69) is 38.1 Å². The third kappa shape index (κ3) is 15.8. The van der Waals surface area contributed by atoms with Gasteiger partial charge in [-0.2, -0.15) is 0 Å². The summed E-state index contributed by atoms with van der Waals surface area (Å²) in [7, 11) is 0. The average molecular weight is 1320 g/mol. The number of halogens is 4. The van der Waals surface area contributed by atoms with Crippen LogP contribution in [0.4, 0.5) is 10.3 Å². The van der Waals surface area contributed by atoms with Crippen LogP contribution in [0.15, 0.2) is 108 Å². The van der Waals surface area contributed by atoms with Crippen molar-refractivity contribution in [3.05, 3.63) is 164 Å². The highest BCUT2D eigenvalue weighted by atomic mass is 79.9. The second kappa shape index (κ2) is 29.6. The molecular weight excluding hydrogens is 1270 g/mol. The SMILES string of the molecule is Br.Br.Br.CC(=O)CCN1C(=O)c2ccccc2C1=O.CCCc1csc(N)n1.Nc1nc(CCN2C(=O)c3ccccc3C2=O)cs1.O=C(CBr)CCN1C(=O)c2ccccc2C1=O.O=C1NC(=O)c2ccccc21. The summed E-state index contributed by atoms with van der Waals surface area (Å²) in [6.45, 7) is 4.22. The predicted octanol–water partition coefficient (Wildman–Crippen LogP) is 8.44. The van der Waals surface area contributed by atoms with Crippen molar-refractivity contribution in [3.8, 4) is 0 Å². The van der Waals surface area contributed by atoms with Crippen LogP contribution in [0.2, 0.25) is 0 Å². The van der Waals surface area contributed by atoms with E-state index in [-0.39, 0.29) is 141 Å². The fraction of sp³-hybridized carbons (Fsp3) is 0.216. The molecule has 75 heavy (non-hydrogen) atoms. The van der Waals surface area contributed by atoms with E-state index in [0.717, 1.165) is 34.0 Å². The maximum atomic E-state index is 12.1. The number of imide groups is 4. The molecule has 4 aliphatic rings. The van der Waals surface area contributed by atoms with Crippen LogP contribution in [0.1, 0.15) is 127 Å². The number of amides is 8. The van der Waals surface area contributed by atoms with Crippen LogP contribution in [0, 0.1) is 0 Å². The van der Waals surface area contributed by atoms with Crippen molar-refractivity contribution in [2.24, 2.45) is 0 Å². The molecule has 0 aliphatic carbocycles. The van der Waals surface area contributed by atoms with Crippen LogP contribution in [-0.4, -0.2) is 108 Å². The first kappa shape index (κ1) is 62.9. The predicted molar refractivity (Wildman–Crippen MR) is 304 cm³/mol. The lowest BCUT2D eigenvalue weighted by molar-refractivity contribution is -0.117. The number of hydrogen-bond donors (Lipinski definition) is 3. The largest absolute Gasteiger partial charge is 0.375 e. The van der Waals surface area contributed by atoms with Gasteiger partial charge in [0.2, 0.25) is 0 Å². The van der Waals surface area contributed by atoms with Crippen LogP contribution in [0.25, 0.3) is 0 Å². The number of hydrogen-bond acceptors (Lipinski definition) is 16. The van der Waals surface area contributed by atoms with E-state index in [1.54, 1.807) is 97.1 Å². The Kier molecular flexibility index (Phi) is 24.8. The molecule has 8 amide bonds. The Morgan fingerprint density at radius 2 is 0.813 bits per heavy atom. The number of carbonyl (C=O) groups is 10. The van der Waals surface area contributed by atoms with E-state index in [1.807, 2.05) is 10.8 Å². The number of Topliss-reactive ketones (excluding diaryl/α,β-unsaturated/α-hetero) is 2. The number of nitrogens with two attached hydrogens (primary N) is 2. The summed E-state index contributed by atoms with van der Waals surface area (Å²) < 4.78 is 0. The van der Waals surface area contributed by atoms with Crippen molar-refractivity contribution in [2.45, 2.75) is 46.0 Å². The molecule has 0 saturated heterocycles. The molecule has 394 valence electrons. The maximum Gasteiger partial charge on any atom is 0.261 e. The summed E-state index contributed by atoms with van der Waals surface area (Å²) in [5.41, 5.74) is 16.5. The molecule has 0 fully saturated rings.